The van der Waals surface area contributed by atoms with Gasteiger partial charge in [-0.2, -0.15) is 0 Å². The maximum Gasteiger partial charge on any atom is -0.00544 e. The van der Waals surface area contributed by atoms with Gasteiger partial charge in [0.15, 0.2) is 0 Å². The first-order valence-corrected chi connectivity index (χ1v) is 6.56. The largest absolute Gasteiger partial charge is 0.0622 e. The van der Waals surface area contributed by atoms with E-state index in [1.165, 1.54) is 33.4 Å². The van der Waals surface area contributed by atoms with Gasteiger partial charge in [0, 0.05) is 0 Å². The number of hydrogen-bond acceptors (Lipinski definition) is 0. The predicted molar refractivity (Wildman–Crippen MR) is 77.7 cm³/mol. The van der Waals surface area contributed by atoms with Crippen LogP contribution in [0.25, 0.3) is 6.08 Å². The summed E-state index contributed by atoms with van der Waals surface area (Å²) in [5.74, 6) is 0. The van der Waals surface area contributed by atoms with Gasteiger partial charge in [0.2, 0.25) is 0 Å². The molecule has 0 saturated heterocycles. The zero-order valence-corrected chi connectivity index (χ0v) is 11.0. The van der Waals surface area contributed by atoms with Gasteiger partial charge < -0.3 is 0 Å². The summed E-state index contributed by atoms with van der Waals surface area (Å²) in [6, 6.07) is 15.4. The standard InChI is InChI=1S/C18H18/c1-13-8-17-11-16(12-18(17)9-14(13)2)10-15-6-4-3-5-7-15/h3-9,11H,10,12H2,1-2H3. The van der Waals surface area contributed by atoms with Gasteiger partial charge in [-0.05, 0) is 54.5 Å². The van der Waals surface area contributed by atoms with Gasteiger partial charge in [0.05, 0.1) is 0 Å². The number of fused-ring (bicyclic) bond motifs is 1. The van der Waals surface area contributed by atoms with Crippen LogP contribution in [0.4, 0.5) is 0 Å². The summed E-state index contributed by atoms with van der Waals surface area (Å²) in [5, 5.41) is 0. The Morgan fingerprint density at radius 1 is 0.944 bits per heavy atom. The number of aryl methyl sites for hydroxylation is 2. The second kappa shape index (κ2) is 4.45. The van der Waals surface area contributed by atoms with Crippen molar-refractivity contribution >= 4 is 6.08 Å². The zero-order valence-electron chi connectivity index (χ0n) is 11.0. The molecule has 0 amide bonds. The highest BCUT2D eigenvalue weighted by atomic mass is 14.2. The van der Waals surface area contributed by atoms with Crippen molar-refractivity contribution in [3.05, 3.63) is 75.9 Å². The van der Waals surface area contributed by atoms with Crippen molar-refractivity contribution in [2.24, 2.45) is 0 Å². The second-order valence-electron chi connectivity index (χ2n) is 5.28. The average Bonchev–Trinajstić information content (AvgIpc) is 2.72. The van der Waals surface area contributed by atoms with Crippen molar-refractivity contribution < 1.29 is 0 Å². The minimum Gasteiger partial charge on any atom is -0.0622 e. The van der Waals surface area contributed by atoms with Crippen LogP contribution in [0.2, 0.25) is 0 Å². The summed E-state index contributed by atoms with van der Waals surface area (Å²) in [5.41, 5.74) is 8.65. The molecule has 90 valence electrons. The Morgan fingerprint density at radius 2 is 1.67 bits per heavy atom. The summed E-state index contributed by atoms with van der Waals surface area (Å²) < 4.78 is 0. The molecule has 0 saturated carbocycles. The molecule has 0 fully saturated rings. The average molecular weight is 234 g/mol. The molecule has 2 aromatic rings. The lowest BCUT2D eigenvalue weighted by Gasteiger charge is -2.05. The molecule has 0 spiro atoms. The molecule has 0 N–H and O–H groups in total. The van der Waals surface area contributed by atoms with Crippen LogP contribution in [-0.4, -0.2) is 0 Å². The Bertz CT molecular complexity index is 603. The van der Waals surface area contributed by atoms with Gasteiger partial charge in [0.25, 0.3) is 0 Å². The van der Waals surface area contributed by atoms with Crippen LogP contribution in [0, 0.1) is 13.8 Å². The molecule has 2 aromatic carbocycles. The molecule has 3 rings (SSSR count). The van der Waals surface area contributed by atoms with Crippen molar-refractivity contribution in [1.82, 2.24) is 0 Å². The van der Waals surface area contributed by atoms with E-state index in [4.69, 9.17) is 0 Å². The van der Waals surface area contributed by atoms with E-state index in [2.05, 4.69) is 62.4 Å². The van der Waals surface area contributed by atoms with Crippen LogP contribution < -0.4 is 0 Å². The Balaban J connectivity index is 1.85. The van der Waals surface area contributed by atoms with Crippen LogP contribution in [0.3, 0.4) is 0 Å². The summed E-state index contributed by atoms with van der Waals surface area (Å²) in [6.07, 6.45) is 4.56. The molecule has 0 bridgehead atoms. The van der Waals surface area contributed by atoms with E-state index in [1.54, 1.807) is 0 Å². The number of allylic oxidation sites excluding steroid dienone is 1. The number of rotatable bonds is 2. The summed E-state index contributed by atoms with van der Waals surface area (Å²) in [4.78, 5) is 0. The first-order chi connectivity index (χ1) is 8.72. The minimum absolute atomic E-state index is 1.08. The van der Waals surface area contributed by atoms with E-state index < -0.39 is 0 Å². The molecule has 0 radical (unpaired) electrons. The quantitative estimate of drug-likeness (QED) is 0.718. The first-order valence-electron chi connectivity index (χ1n) is 6.56. The maximum absolute atomic E-state index is 2.37. The monoisotopic (exact) mass is 234 g/mol. The van der Waals surface area contributed by atoms with Gasteiger partial charge in [0.1, 0.15) is 0 Å². The second-order valence-corrected chi connectivity index (χ2v) is 5.28. The van der Waals surface area contributed by atoms with E-state index in [0.717, 1.165) is 12.8 Å². The summed E-state index contributed by atoms with van der Waals surface area (Å²) >= 11 is 0. The molecule has 0 unspecified atom stereocenters. The normalized spacial score (nSPS) is 13.3. The number of benzene rings is 2. The molecule has 0 nitrogen and oxygen atoms in total. The summed E-state index contributed by atoms with van der Waals surface area (Å²) in [6.45, 7) is 4.39. The highest BCUT2D eigenvalue weighted by Gasteiger charge is 2.13. The third-order valence-electron chi connectivity index (χ3n) is 3.81. The lowest BCUT2D eigenvalue weighted by atomic mass is 10.0. The molecule has 18 heavy (non-hydrogen) atoms. The SMILES string of the molecule is Cc1cc2c(cc1C)CC(Cc1ccccc1)=C2. The van der Waals surface area contributed by atoms with E-state index in [9.17, 15) is 0 Å². The Hall–Kier alpha value is -1.82. The predicted octanol–water partition coefficient (Wildman–Crippen LogP) is 4.49. The van der Waals surface area contributed by atoms with E-state index >= 15 is 0 Å². The highest BCUT2D eigenvalue weighted by molar-refractivity contribution is 5.65. The van der Waals surface area contributed by atoms with Crippen molar-refractivity contribution in [2.75, 3.05) is 0 Å². The van der Waals surface area contributed by atoms with Gasteiger partial charge in [-0.15, -0.1) is 0 Å². The van der Waals surface area contributed by atoms with Crippen LogP contribution >= 0.6 is 0 Å². The summed E-state index contributed by atoms with van der Waals surface area (Å²) in [7, 11) is 0. The third-order valence-corrected chi connectivity index (χ3v) is 3.81. The lowest BCUT2D eigenvalue weighted by molar-refractivity contribution is 1.07. The van der Waals surface area contributed by atoms with Crippen molar-refractivity contribution in [3.8, 4) is 0 Å². The van der Waals surface area contributed by atoms with Gasteiger partial charge in [-0.25, -0.2) is 0 Å². The fourth-order valence-corrected chi connectivity index (χ4v) is 2.67. The van der Waals surface area contributed by atoms with Gasteiger partial charge in [-0.3, -0.25) is 0 Å². The molecular formula is C18H18. The smallest absolute Gasteiger partial charge is 0.00544 e. The van der Waals surface area contributed by atoms with Crippen LogP contribution in [0.1, 0.15) is 27.8 Å². The van der Waals surface area contributed by atoms with Gasteiger partial charge >= 0.3 is 0 Å². The molecule has 0 aliphatic heterocycles. The molecule has 1 aliphatic carbocycles. The number of hydrogen-bond donors (Lipinski definition) is 0. The van der Waals surface area contributed by atoms with E-state index in [1.807, 2.05) is 0 Å². The van der Waals surface area contributed by atoms with Crippen LogP contribution in [0.15, 0.2) is 48.0 Å². The molecular weight excluding hydrogens is 216 g/mol. The maximum atomic E-state index is 2.37. The minimum atomic E-state index is 1.08. The Morgan fingerprint density at radius 3 is 2.44 bits per heavy atom. The molecule has 0 heterocycles. The molecule has 0 atom stereocenters. The lowest BCUT2D eigenvalue weighted by Crippen LogP contribution is -1.91. The molecule has 0 aromatic heterocycles. The fourth-order valence-electron chi connectivity index (χ4n) is 2.67. The van der Waals surface area contributed by atoms with Crippen molar-refractivity contribution in [1.29, 1.82) is 0 Å². The Kier molecular flexibility index (Phi) is 2.79. The topological polar surface area (TPSA) is 0 Å². The van der Waals surface area contributed by atoms with Crippen molar-refractivity contribution in [2.45, 2.75) is 26.7 Å². The van der Waals surface area contributed by atoms with Crippen LogP contribution in [0.5, 0.6) is 0 Å². The van der Waals surface area contributed by atoms with Crippen molar-refractivity contribution in [3.63, 3.8) is 0 Å². The van der Waals surface area contributed by atoms with E-state index in [0.29, 0.717) is 0 Å². The third kappa shape index (κ3) is 2.11. The molecule has 0 heteroatoms. The van der Waals surface area contributed by atoms with Crippen LogP contribution in [-0.2, 0) is 12.8 Å². The first kappa shape index (κ1) is 11.3. The highest BCUT2D eigenvalue weighted by Crippen LogP contribution is 2.29. The fraction of sp³-hybridized carbons (Fsp3) is 0.222. The van der Waals surface area contributed by atoms with Gasteiger partial charge in [-0.1, -0.05) is 54.1 Å². The molecule has 1 aliphatic rings. The van der Waals surface area contributed by atoms with E-state index in [-0.39, 0.29) is 0 Å². The zero-order chi connectivity index (χ0) is 12.5. The Labute approximate surface area is 109 Å².